The Morgan fingerprint density at radius 1 is 1.38 bits per heavy atom. The SMILES string of the molecule is CCCNCc1cc(F)ccc1OCCCC(C)(C)C#N. The van der Waals surface area contributed by atoms with Crippen molar-refractivity contribution in [2.75, 3.05) is 13.2 Å². The molecule has 116 valence electrons. The van der Waals surface area contributed by atoms with Gasteiger partial charge in [-0.2, -0.15) is 5.26 Å². The van der Waals surface area contributed by atoms with Gasteiger partial charge in [-0.05, 0) is 57.9 Å². The second kappa shape index (κ2) is 8.63. The fraction of sp³-hybridized carbons (Fsp3) is 0.588. The average molecular weight is 292 g/mol. The summed E-state index contributed by atoms with van der Waals surface area (Å²) in [4.78, 5) is 0. The minimum absolute atomic E-state index is 0.249. The van der Waals surface area contributed by atoms with Crippen LogP contribution in [0.4, 0.5) is 4.39 Å². The number of hydrogen-bond acceptors (Lipinski definition) is 3. The summed E-state index contributed by atoms with van der Waals surface area (Å²) in [7, 11) is 0. The molecule has 1 aromatic rings. The third kappa shape index (κ3) is 6.59. The highest BCUT2D eigenvalue weighted by Gasteiger charge is 2.15. The maximum absolute atomic E-state index is 13.3. The third-order valence-electron chi connectivity index (χ3n) is 3.27. The number of nitrogens with one attached hydrogen (secondary N) is 1. The molecular weight excluding hydrogens is 267 g/mol. The van der Waals surface area contributed by atoms with Gasteiger partial charge in [0.05, 0.1) is 18.1 Å². The van der Waals surface area contributed by atoms with Gasteiger partial charge < -0.3 is 10.1 Å². The van der Waals surface area contributed by atoms with Crippen molar-refractivity contribution in [1.29, 1.82) is 5.26 Å². The number of ether oxygens (including phenoxy) is 1. The Hall–Kier alpha value is -1.60. The molecule has 1 N–H and O–H groups in total. The molecule has 0 fully saturated rings. The van der Waals surface area contributed by atoms with Gasteiger partial charge in [0.25, 0.3) is 0 Å². The summed E-state index contributed by atoms with van der Waals surface area (Å²) in [6, 6.07) is 6.88. The van der Waals surface area contributed by atoms with Gasteiger partial charge in [-0.25, -0.2) is 4.39 Å². The highest BCUT2D eigenvalue weighted by atomic mass is 19.1. The average Bonchev–Trinajstić information content (AvgIpc) is 2.45. The molecule has 0 saturated carbocycles. The molecule has 0 aliphatic carbocycles. The summed E-state index contributed by atoms with van der Waals surface area (Å²) in [5.41, 5.74) is 0.514. The summed E-state index contributed by atoms with van der Waals surface area (Å²) in [6.45, 7) is 7.97. The van der Waals surface area contributed by atoms with E-state index >= 15 is 0 Å². The van der Waals surface area contributed by atoms with Crippen molar-refractivity contribution in [1.82, 2.24) is 5.32 Å². The van der Waals surface area contributed by atoms with Gasteiger partial charge in [-0.15, -0.1) is 0 Å². The van der Waals surface area contributed by atoms with E-state index in [4.69, 9.17) is 10.00 Å². The zero-order valence-electron chi connectivity index (χ0n) is 13.2. The predicted octanol–water partition coefficient (Wildman–Crippen LogP) is 4.03. The second-order valence-corrected chi connectivity index (χ2v) is 5.88. The van der Waals surface area contributed by atoms with E-state index in [0.29, 0.717) is 13.2 Å². The molecule has 0 saturated heterocycles. The third-order valence-corrected chi connectivity index (χ3v) is 3.27. The van der Waals surface area contributed by atoms with E-state index in [9.17, 15) is 4.39 Å². The first-order chi connectivity index (χ1) is 9.98. The molecular formula is C17H25FN2O. The first kappa shape index (κ1) is 17.5. The lowest BCUT2D eigenvalue weighted by molar-refractivity contribution is 0.281. The Bertz CT molecular complexity index is 480. The van der Waals surface area contributed by atoms with Crippen molar-refractivity contribution < 1.29 is 9.13 Å². The topological polar surface area (TPSA) is 45.0 Å². The van der Waals surface area contributed by atoms with Crippen LogP contribution in [0.1, 0.15) is 45.6 Å². The van der Waals surface area contributed by atoms with Gasteiger partial charge >= 0.3 is 0 Å². The van der Waals surface area contributed by atoms with E-state index in [1.165, 1.54) is 12.1 Å². The van der Waals surface area contributed by atoms with Gasteiger partial charge in [-0.1, -0.05) is 6.92 Å². The smallest absolute Gasteiger partial charge is 0.123 e. The van der Waals surface area contributed by atoms with Crippen molar-refractivity contribution in [3.05, 3.63) is 29.6 Å². The molecule has 0 unspecified atom stereocenters. The quantitative estimate of drug-likeness (QED) is 0.699. The molecule has 1 aromatic carbocycles. The fourth-order valence-corrected chi connectivity index (χ4v) is 1.98. The number of halogens is 1. The summed E-state index contributed by atoms with van der Waals surface area (Å²) in [5, 5.41) is 12.2. The summed E-state index contributed by atoms with van der Waals surface area (Å²) in [6.07, 6.45) is 2.63. The van der Waals surface area contributed by atoms with Crippen LogP contribution >= 0.6 is 0 Å². The Morgan fingerprint density at radius 3 is 2.81 bits per heavy atom. The number of hydrogen-bond donors (Lipinski definition) is 1. The largest absolute Gasteiger partial charge is 0.493 e. The summed E-state index contributed by atoms with van der Waals surface area (Å²) < 4.78 is 19.1. The predicted molar refractivity (Wildman–Crippen MR) is 82.5 cm³/mol. The van der Waals surface area contributed by atoms with Crippen LogP contribution in [0.25, 0.3) is 0 Å². The molecule has 0 bridgehead atoms. The lowest BCUT2D eigenvalue weighted by Crippen LogP contribution is -2.15. The normalized spacial score (nSPS) is 11.2. The van der Waals surface area contributed by atoms with Crippen LogP contribution in [0.2, 0.25) is 0 Å². The van der Waals surface area contributed by atoms with E-state index in [0.717, 1.165) is 37.1 Å². The molecule has 0 radical (unpaired) electrons. The lowest BCUT2D eigenvalue weighted by atomic mass is 9.90. The van der Waals surface area contributed by atoms with E-state index in [-0.39, 0.29) is 11.2 Å². The number of benzene rings is 1. The van der Waals surface area contributed by atoms with Crippen LogP contribution in [-0.4, -0.2) is 13.2 Å². The van der Waals surface area contributed by atoms with Gasteiger partial charge in [-0.3, -0.25) is 0 Å². The molecule has 4 heteroatoms. The molecule has 0 aromatic heterocycles. The number of rotatable bonds is 9. The highest BCUT2D eigenvalue weighted by molar-refractivity contribution is 5.33. The standard InChI is InChI=1S/C17H25FN2O/c1-4-9-20-12-14-11-15(18)6-7-16(14)21-10-5-8-17(2,3)13-19/h6-7,11,20H,4-5,8-10,12H2,1-3H3. The van der Waals surface area contributed by atoms with Gasteiger partial charge in [0.1, 0.15) is 11.6 Å². The molecule has 0 heterocycles. The van der Waals surface area contributed by atoms with Crippen LogP contribution in [0.5, 0.6) is 5.75 Å². The Morgan fingerprint density at radius 2 is 2.14 bits per heavy atom. The number of nitriles is 1. The Labute approximate surface area is 127 Å². The van der Waals surface area contributed by atoms with E-state index < -0.39 is 0 Å². The van der Waals surface area contributed by atoms with Gasteiger partial charge in [0.2, 0.25) is 0 Å². The molecule has 1 rings (SSSR count). The summed E-state index contributed by atoms with van der Waals surface area (Å²) in [5.74, 6) is 0.469. The molecule has 0 amide bonds. The minimum atomic E-state index is -0.322. The van der Waals surface area contributed by atoms with E-state index in [2.05, 4.69) is 18.3 Å². The first-order valence-electron chi connectivity index (χ1n) is 7.51. The van der Waals surface area contributed by atoms with Crippen molar-refractivity contribution in [2.45, 2.75) is 46.6 Å². The fourth-order valence-electron chi connectivity index (χ4n) is 1.98. The Kier molecular flexibility index (Phi) is 7.18. The number of nitrogens with zero attached hydrogens (tertiary/aromatic N) is 1. The van der Waals surface area contributed by atoms with Gasteiger partial charge in [0.15, 0.2) is 0 Å². The zero-order valence-corrected chi connectivity index (χ0v) is 13.2. The van der Waals surface area contributed by atoms with Gasteiger partial charge in [0, 0.05) is 12.1 Å². The monoisotopic (exact) mass is 292 g/mol. The summed E-state index contributed by atoms with van der Waals surface area (Å²) >= 11 is 0. The molecule has 0 atom stereocenters. The van der Waals surface area contributed by atoms with Crippen molar-refractivity contribution in [2.24, 2.45) is 5.41 Å². The van der Waals surface area contributed by atoms with Crippen LogP contribution in [0.15, 0.2) is 18.2 Å². The maximum Gasteiger partial charge on any atom is 0.123 e. The van der Waals surface area contributed by atoms with Crippen LogP contribution in [-0.2, 0) is 6.54 Å². The zero-order chi connectivity index (χ0) is 15.7. The second-order valence-electron chi connectivity index (χ2n) is 5.88. The molecule has 3 nitrogen and oxygen atoms in total. The van der Waals surface area contributed by atoms with Crippen molar-refractivity contribution >= 4 is 0 Å². The minimum Gasteiger partial charge on any atom is -0.493 e. The van der Waals surface area contributed by atoms with Crippen LogP contribution in [0, 0.1) is 22.6 Å². The van der Waals surface area contributed by atoms with Crippen LogP contribution < -0.4 is 10.1 Å². The lowest BCUT2D eigenvalue weighted by Gasteiger charge is -2.16. The van der Waals surface area contributed by atoms with E-state index in [1.807, 2.05) is 13.8 Å². The molecule has 21 heavy (non-hydrogen) atoms. The first-order valence-corrected chi connectivity index (χ1v) is 7.51. The van der Waals surface area contributed by atoms with Crippen LogP contribution in [0.3, 0.4) is 0 Å². The maximum atomic E-state index is 13.3. The molecule has 0 aliphatic heterocycles. The van der Waals surface area contributed by atoms with E-state index in [1.54, 1.807) is 6.07 Å². The Balaban J connectivity index is 2.52. The molecule has 0 aliphatic rings. The highest BCUT2D eigenvalue weighted by Crippen LogP contribution is 2.23. The van der Waals surface area contributed by atoms with Crippen molar-refractivity contribution in [3.8, 4) is 11.8 Å². The van der Waals surface area contributed by atoms with Crippen molar-refractivity contribution in [3.63, 3.8) is 0 Å². The molecule has 0 spiro atoms.